The Bertz CT molecular complexity index is 171. The monoisotopic (exact) mass is 175 g/mol. The van der Waals surface area contributed by atoms with Crippen LogP contribution in [-0.4, -0.2) is 28.3 Å². The summed E-state index contributed by atoms with van der Waals surface area (Å²) < 4.78 is 0. The molecule has 0 heterocycles. The summed E-state index contributed by atoms with van der Waals surface area (Å²) >= 11 is 0. The molecule has 5 heteroatoms. The van der Waals surface area contributed by atoms with E-state index in [1.165, 1.54) is 0 Å². The van der Waals surface area contributed by atoms with E-state index in [2.05, 4.69) is 0 Å². The summed E-state index contributed by atoms with van der Waals surface area (Å²) in [4.78, 5) is 20.4. The third-order valence-electron chi connectivity index (χ3n) is 1.54. The lowest BCUT2D eigenvalue weighted by Gasteiger charge is -2.21. The molecule has 0 rings (SSSR count). The molecule has 0 radical (unpaired) electrons. The number of carbonyl (C=O) groups excluding carboxylic acids is 1. The van der Waals surface area contributed by atoms with Gasteiger partial charge in [-0.2, -0.15) is 0 Å². The number of rotatable bonds is 6. The smallest absolute Gasteiger partial charge is 0.357 e. The third kappa shape index (κ3) is 2.87. The average molecular weight is 175 g/mol. The second-order valence-corrected chi connectivity index (χ2v) is 2.53. The molecule has 0 aromatic heterocycles. The van der Waals surface area contributed by atoms with Crippen LogP contribution in [0.1, 0.15) is 26.2 Å². The maximum Gasteiger partial charge on any atom is 0.357 e. The Morgan fingerprint density at radius 2 is 2.25 bits per heavy atom. The Morgan fingerprint density at radius 3 is 2.58 bits per heavy atom. The number of hydrogen-bond donors (Lipinski definition) is 3. The number of carboxylic acid groups (broad SMARTS) is 1. The van der Waals surface area contributed by atoms with Gasteiger partial charge < -0.3 is 15.5 Å². The maximum atomic E-state index is 10.4. The molecule has 1 unspecified atom stereocenters. The molecule has 0 fully saturated rings. The number of carbonyl (C=O) groups is 2. The molecule has 0 saturated heterocycles. The second-order valence-electron chi connectivity index (χ2n) is 2.53. The van der Waals surface area contributed by atoms with Gasteiger partial charge in [0.25, 0.3) is 0 Å². The molecule has 0 spiro atoms. The van der Waals surface area contributed by atoms with Crippen LogP contribution in [0.4, 0.5) is 0 Å². The van der Waals surface area contributed by atoms with Gasteiger partial charge in [0.2, 0.25) is 12.1 Å². The largest absolute Gasteiger partial charge is 0.478 e. The predicted octanol–water partition coefficient (Wildman–Crippen LogP) is -0.304. The maximum absolute atomic E-state index is 10.4. The molecule has 0 aliphatic rings. The lowest BCUT2D eigenvalue weighted by molar-refractivity contribution is -0.164. The first-order valence-electron chi connectivity index (χ1n) is 3.74. The minimum Gasteiger partial charge on any atom is -0.478 e. The fourth-order valence-electron chi connectivity index (χ4n) is 0.771. The first-order valence-corrected chi connectivity index (χ1v) is 3.74. The molecule has 5 nitrogen and oxygen atoms in total. The molecule has 0 saturated carbocycles. The fourth-order valence-corrected chi connectivity index (χ4v) is 0.771. The molecular weight excluding hydrogens is 162 g/mol. The van der Waals surface area contributed by atoms with Gasteiger partial charge in [-0.3, -0.25) is 4.79 Å². The third-order valence-corrected chi connectivity index (χ3v) is 1.54. The van der Waals surface area contributed by atoms with E-state index in [9.17, 15) is 14.7 Å². The predicted molar refractivity (Wildman–Crippen MR) is 41.3 cm³/mol. The zero-order chi connectivity index (χ0) is 9.61. The molecule has 0 aliphatic carbocycles. The molecule has 1 amide bonds. The van der Waals surface area contributed by atoms with Crippen LogP contribution < -0.4 is 5.32 Å². The van der Waals surface area contributed by atoms with Crippen LogP contribution in [0.2, 0.25) is 0 Å². The summed E-state index contributed by atoms with van der Waals surface area (Å²) in [5.74, 6) is -1.43. The highest BCUT2D eigenvalue weighted by Crippen LogP contribution is 2.10. The van der Waals surface area contributed by atoms with Gasteiger partial charge >= 0.3 is 5.97 Å². The van der Waals surface area contributed by atoms with Crippen molar-refractivity contribution in [3.8, 4) is 0 Å². The Hall–Kier alpha value is -1.10. The fraction of sp³-hybridized carbons (Fsp3) is 0.714. The lowest BCUT2D eigenvalue weighted by atomic mass is 10.1. The number of aliphatic hydroxyl groups is 1. The normalized spacial score (nSPS) is 14.8. The molecule has 3 N–H and O–H groups in total. The van der Waals surface area contributed by atoms with Gasteiger partial charge in [0.15, 0.2) is 0 Å². The van der Waals surface area contributed by atoms with Crippen molar-refractivity contribution in [2.24, 2.45) is 0 Å². The zero-order valence-corrected chi connectivity index (χ0v) is 6.91. The molecule has 0 aromatic carbocycles. The molecule has 0 aromatic rings. The van der Waals surface area contributed by atoms with Crippen LogP contribution in [0.25, 0.3) is 0 Å². The van der Waals surface area contributed by atoms with E-state index in [1.54, 1.807) is 0 Å². The minimum atomic E-state index is -2.10. The van der Waals surface area contributed by atoms with Gasteiger partial charge in [0, 0.05) is 6.42 Å². The van der Waals surface area contributed by atoms with Gasteiger partial charge in [-0.1, -0.05) is 13.3 Å². The van der Waals surface area contributed by atoms with E-state index in [1.807, 2.05) is 12.2 Å². The van der Waals surface area contributed by atoms with Gasteiger partial charge in [0.05, 0.1) is 0 Å². The summed E-state index contributed by atoms with van der Waals surface area (Å²) in [5.41, 5.74) is -2.10. The number of amides is 1. The van der Waals surface area contributed by atoms with Crippen molar-refractivity contribution in [3.05, 3.63) is 0 Å². The summed E-state index contributed by atoms with van der Waals surface area (Å²) in [6.07, 6.45) is 1.52. The van der Waals surface area contributed by atoms with Crippen LogP contribution in [0.3, 0.4) is 0 Å². The van der Waals surface area contributed by atoms with E-state index < -0.39 is 11.7 Å². The van der Waals surface area contributed by atoms with Crippen LogP contribution in [0.5, 0.6) is 0 Å². The summed E-state index contributed by atoms with van der Waals surface area (Å²) in [7, 11) is 0. The molecule has 0 bridgehead atoms. The Labute approximate surface area is 70.4 Å². The van der Waals surface area contributed by atoms with Crippen LogP contribution >= 0.6 is 0 Å². The lowest BCUT2D eigenvalue weighted by Crippen LogP contribution is -2.51. The number of nitrogens with one attached hydrogen (secondary N) is 1. The van der Waals surface area contributed by atoms with E-state index in [0.717, 1.165) is 6.42 Å². The van der Waals surface area contributed by atoms with Gasteiger partial charge in [-0.25, -0.2) is 4.79 Å². The Kier molecular flexibility index (Phi) is 4.28. The standard InChI is InChI=1S/C7H13NO4/c1-2-3-4-7(12,6(10)11)8-5-9/h5,12H,2-4H2,1H3,(H,8,9)(H,10,11). The van der Waals surface area contributed by atoms with Crippen LogP contribution in [0, 0.1) is 0 Å². The number of unbranched alkanes of at least 4 members (excludes halogenated alkanes) is 1. The summed E-state index contributed by atoms with van der Waals surface area (Å²) in [5, 5.41) is 19.7. The average Bonchev–Trinajstić information content (AvgIpc) is 2.01. The topological polar surface area (TPSA) is 86.6 Å². The first kappa shape index (κ1) is 10.9. The van der Waals surface area contributed by atoms with Crippen molar-refractivity contribution in [2.45, 2.75) is 31.9 Å². The zero-order valence-electron chi connectivity index (χ0n) is 6.91. The van der Waals surface area contributed by atoms with E-state index >= 15 is 0 Å². The number of carboxylic acids is 1. The van der Waals surface area contributed by atoms with Gasteiger partial charge in [0.1, 0.15) is 0 Å². The number of hydrogen-bond acceptors (Lipinski definition) is 3. The molecule has 0 aliphatic heterocycles. The SMILES string of the molecule is CCCCC(O)(NC=O)C(=O)O. The minimum absolute atomic E-state index is 0.0254. The van der Waals surface area contributed by atoms with Crippen molar-refractivity contribution in [2.75, 3.05) is 0 Å². The molecule has 70 valence electrons. The Balaban J connectivity index is 4.17. The van der Waals surface area contributed by atoms with E-state index in [-0.39, 0.29) is 12.8 Å². The number of aliphatic carboxylic acids is 1. The summed E-state index contributed by atoms with van der Waals surface area (Å²) in [6, 6.07) is 0. The van der Waals surface area contributed by atoms with E-state index in [4.69, 9.17) is 5.11 Å². The van der Waals surface area contributed by atoms with E-state index in [0.29, 0.717) is 6.42 Å². The van der Waals surface area contributed by atoms with Crippen molar-refractivity contribution in [1.29, 1.82) is 0 Å². The highest BCUT2D eigenvalue weighted by Gasteiger charge is 2.34. The van der Waals surface area contributed by atoms with Crippen molar-refractivity contribution in [3.63, 3.8) is 0 Å². The Morgan fingerprint density at radius 1 is 1.67 bits per heavy atom. The quantitative estimate of drug-likeness (QED) is 0.382. The van der Waals surface area contributed by atoms with Gasteiger partial charge in [-0.05, 0) is 6.42 Å². The molecule has 12 heavy (non-hydrogen) atoms. The van der Waals surface area contributed by atoms with Crippen molar-refractivity contribution < 1.29 is 19.8 Å². The van der Waals surface area contributed by atoms with Crippen LogP contribution in [-0.2, 0) is 9.59 Å². The molecule has 1 atom stereocenters. The van der Waals surface area contributed by atoms with Crippen molar-refractivity contribution in [1.82, 2.24) is 5.32 Å². The van der Waals surface area contributed by atoms with Gasteiger partial charge in [-0.15, -0.1) is 0 Å². The highest BCUT2D eigenvalue weighted by molar-refractivity contribution is 5.79. The second kappa shape index (κ2) is 4.71. The summed E-state index contributed by atoms with van der Waals surface area (Å²) in [6.45, 7) is 1.86. The van der Waals surface area contributed by atoms with Crippen LogP contribution in [0.15, 0.2) is 0 Å². The van der Waals surface area contributed by atoms with Crippen molar-refractivity contribution >= 4 is 12.4 Å². The highest BCUT2D eigenvalue weighted by atomic mass is 16.4. The first-order chi connectivity index (χ1) is 5.56. The molecular formula is C7H13NO4.